The number of hydrogen-bond donors (Lipinski definition) is 2. The highest BCUT2D eigenvalue weighted by atomic mass is 79.9. The highest BCUT2D eigenvalue weighted by molar-refractivity contribution is 9.11. The number of benzene rings is 2. The zero-order valence-electron chi connectivity index (χ0n) is 9.45. The van der Waals surface area contributed by atoms with Crippen molar-refractivity contribution in [3.8, 4) is 5.75 Å². The van der Waals surface area contributed by atoms with Crippen LogP contribution in [-0.4, -0.2) is 11.0 Å². The average molecular weight is 450 g/mol. The summed E-state index contributed by atoms with van der Waals surface area (Å²) in [4.78, 5) is 12.1. The zero-order valence-corrected chi connectivity index (χ0v) is 14.2. The van der Waals surface area contributed by atoms with Crippen LogP contribution in [0.1, 0.15) is 10.4 Å². The van der Waals surface area contributed by atoms with E-state index in [1.807, 2.05) is 12.1 Å². The fourth-order valence-electron chi connectivity index (χ4n) is 1.47. The van der Waals surface area contributed by atoms with Gasteiger partial charge in [0.05, 0.1) is 11.3 Å². The van der Waals surface area contributed by atoms with Crippen molar-refractivity contribution in [2.24, 2.45) is 0 Å². The van der Waals surface area contributed by atoms with Gasteiger partial charge >= 0.3 is 0 Å². The van der Waals surface area contributed by atoms with Crippen LogP contribution >= 0.6 is 47.8 Å². The Hall–Kier alpha value is -0.850. The van der Waals surface area contributed by atoms with Crippen molar-refractivity contribution in [1.29, 1.82) is 0 Å². The van der Waals surface area contributed by atoms with Gasteiger partial charge in [0.1, 0.15) is 5.75 Å². The summed E-state index contributed by atoms with van der Waals surface area (Å²) in [5, 5.41) is 12.4. The molecule has 1 amide bonds. The molecule has 0 spiro atoms. The molecule has 19 heavy (non-hydrogen) atoms. The highest BCUT2D eigenvalue weighted by Gasteiger charge is 2.13. The Labute approximate surface area is 135 Å². The molecular formula is C13H8Br3NO2. The SMILES string of the molecule is O=C(Nc1cc(Br)ccc1Br)c1cc(Br)ccc1O. The molecule has 0 aliphatic rings. The number of amides is 1. The number of halogens is 3. The van der Waals surface area contributed by atoms with E-state index in [0.717, 1.165) is 13.4 Å². The number of hydrogen-bond acceptors (Lipinski definition) is 2. The Morgan fingerprint density at radius 3 is 2.37 bits per heavy atom. The molecule has 0 heterocycles. The standard InChI is InChI=1S/C13H8Br3NO2/c14-7-2-4-12(18)9(5-7)13(19)17-11-6-8(15)1-3-10(11)16/h1-6,18H,(H,17,19). The Bertz CT molecular complexity index is 644. The van der Waals surface area contributed by atoms with Crippen LogP contribution in [-0.2, 0) is 0 Å². The molecule has 0 unspecified atom stereocenters. The molecule has 0 aromatic heterocycles. The van der Waals surface area contributed by atoms with Crippen molar-refractivity contribution in [2.45, 2.75) is 0 Å². The van der Waals surface area contributed by atoms with E-state index < -0.39 is 0 Å². The molecule has 2 N–H and O–H groups in total. The van der Waals surface area contributed by atoms with Crippen molar-refractivity contribution in [3.63, 3.8) is 0 Å². The molecule has 2 aromatic carbocycles. The average Bonchev–Trinajstić information content (AvgIpc) is 2.36. The summed E-state index contributed by atoms with van der Waals surface area (Å²) in [6.07, 6.45) is 0. The van der Waals surface area contributed by atoms with Gasteiger partial charge in [0.15, 0.2) is 0 Å². The van der Waals surface area contributed by atoms with Crippen molar-refractivity contribution in [1.82, 2.24) is 0 Å². The van der Waals surface area contributed by atoms with Gasteiger partial charge < -0.3 is 10.4 Å². The number of aromatic hydroxyl groups is 1. The smallest absolute Gasteiger partial charge is 0.259 e. The van der Waals surface area contributed by atoms with Gasteiger partial charge in [-0.2, -0.15) is 0 Å². The van der Waals surface area contributed by atoms with E-state index in [-0.39, 0.29) is 17.2 Å². The molecule has 0 saturated heterocycles. The van der Waals surface area contributed by atoms with Gasteiger partial charge in [0, 0.05) is 13.4 Å². The van der Waals surface area contributed by atoms with Crippen LogP contribution in [0.3, 0.4) is 0 Å². The van der Waals surface area contributed by atoms with Gasteiger partial charge in [-0.15, -0.1) is 0 Å². The minimum atomic E-state index is -0.377. The van der Waals surface area contributed by atoms with Crippen LogP contribution < -0.4 is 5.32 Å². The lowest BCUT2D eigenvalue weighted by Crippen LogP contribution is -2.12. The summed E-state index contributed by atoms with van der Waals surface area (Å²) < 4.78 is 2.34. The molecule has 0 atom stereocenters. The monoisotopic (exact) mass is 447 g/mol. The molecular weight excluding hydrogens is 442 g/mol. The van der Waals surface area contributed by atoms with Crippen molar-refractivity contribution >= 4 is 59.4 Å². The number of anilines is 1. The topological polar surface area (TPSA) is 49.3 Å². The van der Waals surface area contributed by atoms with E-state index in [2.05, 4.69) is 53.1 Å². The number of carbonyl (C=O) groups is 1. The third-order valence-electron chi connectivity index (χ3n) is 2.38. The second-order valence-corrected chi connectivity index (χ2v) is 6.43. The normalized spacial score (nSPS) is 10.3. The second kappa shape index (κ2) is 6.07. The fraction of sp³-hybridized carbons (Fsp3) is 0. The first-order valence-electron chi connectivity index (χ1n) is 5.22. The molecule has 0 radical (unpaired) electrons. The summed E-state index contributed by atoms with van der Waals surface area (Å²) in [6.45, 7) is 0. The fourth-order valence-corrected chi connectivity index (χ4v) is 2.54. The Morgan fingerprint density at radius 1 is 1.00 bits per heavy atom. The first-order chi connectivity index (χ1) is 8.97. The minimum Gasteiger partial charge on any atom is -0.507 e. The molecule has 98 valence electrons. The molecule has 3 nitrogen and oxygen atoms in total. The van der Waals surface area contributed by atoms with Crippen molar-refractivity contribution < 1.29 is 9.90 Å². The Balaban J connectivity index is 2.30. The number of nitrogens with one attached hydrogen (secondary N) is 1. The molecule has 0 aliphatic carbocycles. The summed E-state index contributed by atoms with van der Waals surface area (Å²) in [5.74, 6) is -0.440. The van der Waals surface area contributed by atoms with E-state index in [1.165, 1.54) is 6.07 Å². The van der Waals surface area contributed by atoms with Crippen LogP contribution in [0.4, 0.5) is 5.69 Å². The predicted molar refractivity (Wildman–Crippen MR) is 85.6 cm³/mol. The second-order valence-electron chi connectivity index (χ2n) is 3.74. The number of carbonyl (C=O) groups excluding carboxylic acids is 1. The van der Waals surface area contributed by atoms with Crippen LogP contribution in [0.2, 0.25) is 0 Å². The first-order valence-corrected chi connectivity index (χ1v) is 7.60. The molecule has 2 rings (SSSR count). The third-order valence-corrected chi connectivity index (χ3v) is 4.06. The summed E-state index contributed by atoms with van der Waals surface area (Å²) >= 11 is 9.96. The maximum atomic E-state index is 12.1. The molecule has 2 aromatic rings. The van der Waals surface area contributed by atoms with Crippen molar-refractivity contribution in [3.05, 3.63) is 55.4 Å². The van der Waals surface area contributed by atoms with Gasteiger partial charge in [0.2, 0.25) is 0 Å². The lowest BCUT2D eigenvalue weighted by Gasteiger charge is -2.09. The summed E-state index contributed by atoms with van der Waals surface area (Å²) in [5.41, 5.74) is 0.833. The van der Waals surface area contributed by atoms with E-state index in [0.29, 0.717) is 5.69 Å². The number of phenols is 1. The van der Waals surface area contributed by atoms with Crippen LogP contribution in [0.15, 0.2) is 49.8 Å². The van der Waals surface area contributed by atoms with Gasteiger partial charge in [-0.3, -0.25) is 4.79 Å². The van der Waals surface area contributed by atoms with E-state index in [9.17, 15) is 9.90 Å². The van der Waals surface area contributed by atoms with E-state index >= 15 is 0 Å². The maximum Gasteiger partial charge on any atom is 0.259 e. The van der Waals surface area contributed by atoms with Crippen LogP contribution in [0.5, 0.6) is 5.75 Å². The van der Waals surface area contributed by atoms with Crippen molar-refractivity contribution in [2.75, 3.05) is 5.32 Å². The van der Waals surface area contributed by atoms with Gasteiger partial charge in [-0.1, -0.05) is 31.9 Å². The third kappa shape index (κ3) is 3.58. The van der Waals surface area contributed by atoms with Gasteiger partial charge in [-0.25, -0.2) is 0 Å². The first kappa shape index (κ1) is 14.6. The number of phenolic OH excluding ortho intramolecular Hbond substituents is 1. The zero-order chi connectivity index (χ0) is 14.0. The molecule has 0 saturated carbocycles. The number of rotatable bonds is 2. The predicted octanol–water partition coefficient (Wildman–Crippen LogP) is 4.93. The lowest BCUT2D eigenvalue weighted by molar-refractivity contribution is 0.102. The quantitative estimate of drug-likeness (QED) is 0.682. The van der Waals surface area contributed by atoms with Crippen LogP contribution in [0.25, 0.3) is 0 Å². The Kier molecular flexibility index (Phi) is 4.65. The Morgan fingerprint density at radius 2 is 1.63 bits per heavy atom. The van der Waals surface area contributed by atoms with Gasteiger partial charge in [-0.05, 0) is 52.3 Å². The summed E-state index contributed by atoms with van der Waals surface area (Å²) in [6, 6.07) is 10.2. The van der Waals surface area contributed by atoms with E-state index in [1.54, 1.807) is 18.2 Å². The van der Waals surface area contributed by atoms with Gasteiger partial charge in [0.25, 0.3) is 5.91 Å². The molecule has 0 aliphatic heterocycles. The van der Waals surface area contributed by atoms with E-state index in [4.69, 9.17) is 0 Å². The largest absolute Gasteiger partial charge is 0.507 e. The molecule has 0 bridgehead atoms. The summed E-state index contributed by atoms with van der Waals surface area (Å²) in [7, 11) is 0. The molecule has 0 fully saturated rings. The van der Waals surface area contributed by atoms with Crippen LogP contribution in [0, 0.1) is 0 Å². The maximum absolute atomic E-state index is 12.1. The lowest BCUT2D eigenvalue weighted by atomic mass is 10.2. The highest BCUT2D eigenvalue weighted by Crippen LogP contribution is 2.28. The molecule has 6 heteroatoms. The minimum absolute atomic E-state index is 0.0631.